The second kappa shape index (κ2) is 5.18. The molecule has 0 radical (unpaired) electrons. The normalized spacial score (nSPS) is 11.0. The fraction of sp³-hybridized carbons (Fsp3) is 0.500. The van der Waals surface area contributed by atoms with Crippen LogP contribution in [-0.4, -0.2) is 35.7 Å². The van der Waals surface area contributed by atoms with Crippen LogP contribution in [0.4, 0.5) is 8.78 Å². The molecule has 0 fully saturated rings. The van der Waals surface area contributed by atoms with Crippen LogP contribution in [0.15, 0.2) is 6.20 Å². The van der Waals surface area contributed by atoms with Crippen molar-refractivity contribution in [1.29, 1.82) is 0 Å². The largest absolute Gasteiger partial charge is 0.383 e. The smallest absolute Gasteiger partial charge is 0.302 e. The maximum absolute atomic E-state index is 12.2. The van der Waals surface area contributed by atoms with Crippen molar-refractivity contribution in [3.05, 3.63) is 16.9 Å². The summed E-state index contributed by atoms with van der Waals surface area (Å²) in [6.45, 7) is 0.471. The molecule has 0 aliphatic rings. The summed E-state index contributed by atoms with van der Waals surface area (Å²) in [6.07, 6.45) is -1.92. The van der Waals surface area contributed by atoms with E-state index in [-0.39, 0.29) is 23.9 Å². The lowest BCUT2D eigenvalue weighted by atomic mass is 10.3. The summed E-state index contributed by atoms with van der Waals surface area (Å²) in [7, 11) is 1.46. The maximum atomic E-state index is 12.2. The molecule has 0 saturated heterocycles. The summed E-state index contributed by atoms with van der Waals surface area (Å²) < 4.78 is 30.2. The molecule has 0 aliphatic carbocycles. The highest BCUT2D eigenvalue weighted by Crippen LogP contribution is 2.18. The average Bonchev–Trinajstić information content (AvgIpc) is 2.55. The molecule has 0 saturated carbocycles. The second-order valence-electron chi connectivity index (χ2n) is 2.72. The molecular formula is C8H9ClF2N2O2. The molecule has 1 heterocycles. The van der Waals surface area contributed by atoms with E-state index in [4.69, 9.17) is 16.3 Å². The molecule has 1 rings (SSSR count). The third kappa shape index (κ3) is 2.73. The first kappa shape index (κ1) is 12.1. The third-order valence-corrected chi connectivity index (χ3v) is 2.01. The van der Waals surface area contributed by atoms with Gasteiger partial charge in [-0.25, -0.2) is 8.78 Å². The highest BCUT2D eigenvalue weighted by atomic mass is 35.5. The topological polar surface area (TPSA) is 44.1 Å². The van der Waals surface area contributed by atoms with Crippen LogP contribution >= 0.6 is 11.6 Å². The second-order valence-corrected chi connectivity index (χ2v) is 3.13. The van der Waals surface area contributed by atoms with Crippen molar-refractivity contribution < 1.29 is 18.3 Å². The number of rotatable bonds is 5. The van der Waals surface area contributed by atoms with E-state index in [0.29, 0.717) is 0 Å². The minimum absolute atomic E-state index is 0.0728. The zero-order valence-corrected chi connectivity index (χ0v) is 8.67. The van der Waals surface area contributed by atoms with Crippen molar-refractivity contribution in [3.63, 3.8) is 0 Å². The summed E-state index contributed by atoms with van der Waals surface area (Å²) in [5.41, 5.74) is -0.274. The minimum atomic E-state index is -3.08. The number of halogens is 3. The van der Waals surface area contributed by atoms with Crippen molar-refractivity contribution in [1.82, 2.24) is 9.78 Å². The van der Waals surface area contributed by atoms with Crippen molar-refractivity contribution in [2.45, 2.75) is 13.0 Å². The number of hydrogen-bond donors (Lipinski definition) is 0. The van der Waals surface area contributed by atoms with Crippen molar-refractivity contribution in [2.75, 3.05) is 13.7 Å². The lowest BCUT2D eigenvalue weighted by molar-refractivity contribution is 0.0664. The van der Waals surface area contributed by atoms with E-state index >= 15 is 0 Å². The van der Waals surface area contributed by atoms with E-state index in [1.807, 2.05) is 0 Å². The molecule has 0 unspecified atom stereocenters. The van der Waals surface area contributed by atoms with Crippen LogP contribution in [0.1, 0.15) is 10.5 Å². The number of hydrogen-bond acceptors (Lipinski definition) is 3. The zero-order valence-electron chi connectivity index (χ0n) is 7.91. The van der Waals surface area contributed by atoms with Crippen LogP contribution in [-0.2, 0) is 11.3 Å². The highest BCUT2D eigenvalue weighted by Gasteiger charge is 2.25. The molecule has 0 aliphatic heterocycles. The van der Waals surface area contributed by atoms with Gasteiger partial charge in [-0.1, -0.05) is 11.6 Å². The van der Waals surface area contributed by atoms with Crippen LogP contribution in [0, 0.1) is 0 Å². The van der Waals surface area contributed by atoms with Gasteiger partial charge in [0.1, 0.15) is 5.69 Å². The first-order valence-corrected chi connectivity index (χ1v) is 4.48. The van der Waals surface area contributed by atoms with Crippen LogP contribution in [0.5, 0.6) is 0 Å². The number of carbonyl (C=O) groups is 1. The predicted molar refractivity (Wildman–Crippen MR) is 49.4 cm³/mol. The van der Waals surface area contributed by atoms with Gasteiger partial charge in [0.05, 0.1) is 24.4 Å². The minimum Gasteiger partial charge on any atom is -0.383 e. The van der Waals surface area contributed by atoms with E-state index in [2.05, 4.69) is 5.10 Å². The molecule has 7 heteroatoms. The first-order chi connectivity index (χ1) is 7.07. The van der Waals surface area contributed by atoms with Gasteiger partial charge in [0, 0.05) is 7.11 Å². The lowest BCUT2D eigenvalue weighted by Crippen LogP contribution is -2.18. The Balaban J connectivity index is 2.93. The molecule has 84 valence electrons. The Labute approximate surface area is 89.8 Å². The number of aromatic nitrogens is 2. The molecule has 0 N–H and O–H groups in total. The summed E-state index contributed by atoms with van der Waals surface area (Å²) >= 11 is 5.58. The van der Waals surface area contributed by atoms with Crippen LogP contribution in [0.3, 0.4) is 0 Å². The maximum Gasteiger partial charge on any atom is 0.302 e. The van der Waals surface area contributed by atoms with E-state index in [1.54, 1.807) is 0 Å². The van der Waals surface area contributed by atoms with Gasteiger partial charge in [-0.15, -0.1) is 0 Å². The summed E-state index contributed by atoms with van der Waals surface area (Å²) in [5.74, 6) is -1.33. The number of methoxy groups -OCH3 is 1. The van der Waals surface area contributed by atoms with Gasteiger partial charge >= 0.3 is 6.43 Å². The van der Waals surface area contributed by atoms with Gasteiger partial charge in [0.2, 0.25) is 5.78 Å². The molecule has 1 aromatic heterocycles. The zero-order chi connectivity index (χ0) is 11.4. The van der Waals surface area contributed by atoms with Crippen LogP contribution in [0.25, 0.3) is 0 Å². The SMILES string of the molecule is COCCn1ncc(Cl)c1C(=O)C(F)F. The number of Topliss-reactive ketones (excluding diaryl/α,β-unsaturated/α-hetero) is 1. The van der Waals surface area contributed by atoms with Crippen molar-refractivity contribution in [3.8, 4) is 0 Å². The van der Waals surface area contributed by atoms with Gasteiger partial charge < -0.3 is 4.74 Å². The molecule has 0 amide bonds. The van der Waals surface area contributed by atoms with Crippen molar-refractivity contribution in [2.24, 2.45) is 0 Å². The average molecular weight is 239 g/mol. The van der Waals surface area contributed by atoms with Crippen LogP contribution in [0.2, 0.25) is 5.02 Å². The molecular weight excluding hydrogens is 230 g/mol. The Morgan fingerprint density at radius 3 is 2.93 bits per heavy atom. The van der Waals surface area contributed by atoms with Crippen LogP contribution < -0.4 is 0 Å². The van der Waals surface area contributed by atoms with Gasteiger partial charge in [-0.05, 0) is 0 Å². The Hall–Kier alpha value is -1.01. The number of alkyl halides is 2. The predicted octanol–water partition coefficient (Wildman–Crippen LogP) is 1.63. The summed E-state index contributed by atoms with van der Waals surface area (Å²) in [4.78, 5) is 11.1. The first-order valence-electron chi connectivity index (χ1n) is 4.10. The van der Waals surface area contributed by atoms with Gasteiger partial charge in [0.25, 0.3) is 0 Å². The molecule has 0 atom stereocenters. The molecule has 1 aromatic rings. The monoisotopic (exact) mass is 238 g/mol. The molecule has 0 bridgehead atoms. The van der Waals surface area contributed by atoms with E-state index in [9.17, 15) is 13.6 Å². The highest BCUT2D eigenvalue weighted by molar-refractivity contribution is 6.33. The van der Waals surface area contributed by atoms with Gasteiger partial charge in [-0.3, -0.25) is 9.48 Å². The Kier molecular flexibility index (Phi) is 4.16. The van der Waals surface area contributed by atoms with Crippen molar-refractivity contribution >= 4 is 17.4 Å². The summed E-state index contributed by atoms with van der Waals surface area (Å²) in [6, 6.07) is 0. The Bertz CT molecular complexity index is 354. The standard InChI is InChI=1S/C8H9ClF2N2O2/c1-15-3-2-13-6(5(9)4-12-13)7(14)8(10)11/h4,8H,2-3H2,1H3. The molecule has 0 aromatic carbocycles. The Morgan fingerprint density at radius 1 is 1.73 bits per heavy atom. The fourth-order valence-corrected chi connectivity index (χ4v) is 1.29. The molecule has 0 spiro atoms. The van der Waals surface area contributed by atoms with E-state index in [0.717, 1.165) is 10.9 Å². The number of nitrogens with zero attached hydrogens (tertiary/aromatic N) is 2. The fourth-order valence-electron chi connectivity index (χ4n) is 1.06. The Morgan fingerprint density at radius 2 is 2.40 bits per heavy atom. The quantitative estimate of drug-likeness (QED) is 0.733. The number of ether oxygens (including phenoxy) is 1. The molecule has 15 heavy (non-hydrogen) atoms. The molecule has 4 nitrogen and oxygen atoms in total. The summed E-state index contributed by atoms with van der Waals surface area (Å²) in [5, 5.41) is 3.63. The van der Waals surface area contributed by atoms with E-state index < -0.39 is 12.2 Å². The number of ketones is 1. The third-order valence-electron chi connectivity index (χ3n) is 1.73. The van der Waals surface area contributed by atoms with E-state index in [1.165, 1.54) is 7.11 Å². The van der Waals surface area contributed by atoms with Gasteiger partial charge in [-0.2, -0.15) is 5.10 Å². The lowest BCUT2D eigenvalue weighted by Gasteiger charge is -2.05. The van der Waals surface area contributed by atoms with Gasteiger partial charge in [0.15, 0.2) is 0 Å². The number of carbonyl (C=O) groups excluding carboxylic acids is 1.